The van der Waals surface area contributed by atoms with Crippen molar-refractivity contribution in [1.29, 1.82) is 0 Å². The number of halogens is 1. The molecule has 0 unspecified atom stereocenters. The van der Waals surface area contributed by atoms with Crippen LogP contribution in [0.15, 0.2) is 59.8 Å². The molecule has 3 aromatic rings. The number of hydrogen-bond acceptors (Lipinski definition) is 4. The fourth-order valence-electron chi connectivity index (χ4n) is 2.61. The molecule has 0 aliphatic rings. The first kappa shape index (κ1) is 18.5. The lowest BCUT2D eigenvalue weighted by Crippen LogP contribution is -2.32. The van der Waals surface area contributed by atoms with Crippen molar-refractivity contribution in [3.63, 3.8) is 0 Å². The second kappa shape index (κ2) is 8.38. The predicted octanol–water partition coefficient (Wildman–Crippen LogP) is 4.28. The standard InChI is InChI=1S/C19H19ClN4OS/c1-3-24(16-7-5-4-6-8-16)17(25)13-26-19-22-21-18(23(19)2)14-9-11-15(20)12-10-14/h4-12H,3,13H2,1-2H3. The molecule has 0 aliphatic carbocycles. The normalized spacial score (nSPS) is 10.7. The zero-order chi connectivity index (χ0) is 18.5. The molecule has 26 heavy (non-hydrogen) atoms. The smallest absolute Gasteiger partial charge is 0.237 e. The summed E-state index contributed by atoms with van der Waals surface area (Å²) in [5, 5.41) is 9.84. The van der Waals surface area contributed by atoms with E-state index >= 15 is 0 Å². The van der Waals surface area contributed by atoms with Crippen molar-refractivity contribution in [2.24, 2.45) is 7.05 Å². The Kier molecular flexibility index (Phi) is 5.96. The molecule has 1 aromatic heterocycles. The zero-order valence-electron chi connectivity index (χ0n) is 14.6. The molecule has 0 radical (unpaired) electrons. The van der Waals surface area contributed by atoms with Gasteiger partial charge in [0.25, 0.3) is 0 Å². The van der Waals surface area contributed by atoms with Gasteiger partial charge in [0, 0.05) is 29.9 Å². The van der Waals surface area contributed by atoms with Crippen LogP contribution in [0, 0.1) is 0 Å². The summed E-state index contributed by atoms with van der Waals surface area (Å²) in [4.78, 5) is 14.4. The molecule has 0 N–H and O–H groups in total. The van der Waals surface area contributed by atoms with E-state index in [1.165, 1.54) is 11.8 Å². The maximum absolute atomic E-state index is 12.6. The van der Waals surface area contributed by atoms with Crippen molar-refractivity contribution in [2.75, 3.05) is 17.2 Å². The second-order valence-corrected chi connectivity index (χ2v) is 7.01. The highest BCUT2D eigenvalue weighted by Crippen LogP contribution is 2.24. The van der Waals surface area contributed by atoms with Gasteiger partial charge in [-0.25, -0.2) is 0 Å². The summed E-state index contributed by atoms with van der Waals surface area (Å²) in [6.45, 7) is 2.59. The van der Waals surface area contributed by atoms with Crippen molar-refractivity contribution >= 4 is 35.0 Å². The Morgan fingerprint density at radius 3 is 2.46 bits per heavy atom. The van der Waals surface area contributed by atoms with Gasteiger partial charge in [0.1, 0.15) is 0 Å². The van der Waals surface area contributed by atoms with Gasteiger partial charge < -0.3 is 9.47 Å². The number of thioether (sulfide) groups is 1. The Morgan fingerprint density at radius 1 is 1.12 bits per heavy atom. The molecule has 2 aromatic carbocycles. The summed E-state index contributed by atoms with van der Waals surface area (Å²) in [7, 11) is 1.89. The molecule has 134 valence electrons. The van der Waals surface area contributed by atoms with Crippen LogP contribution in [-0.2, 0) is 11.8 Å². The van der Waals surface area contributed by atoms with E-state index in [1.54, 1.807) is 4.90 Å². The minimum Gasteiger partial charge on any atom is -0.312 e. The van der Waals surface area contributed by atoms with Crippen LogP contribution in [0.2, 0.25) is 5.02 Å². The Hall–Kier alpha value is -2.31. The SMILES string of the molecule is CCN(C(=O)CSc1nnc(-c2ccc(Cl)cc2)n1C)c1ccccc1. The quantitative estimate of drug-likeness (QED) is 0.593. The number of aromatic nitrogens is 3. The topological polar surface area (TPSA) is 51.0 Å². The lowest BCUT2D eigenvalue weighted by Gasteiger charge is -2.20. The Labute approximate surface area is 162 Å². The van der Waals surface area contributed by atoms with E-state index < -0.39 is 0 Å². The summed E-state index contributed by atoms with van der Waals surface area (Å²) in [6.07, 6.45) is 0. The van der Waals surface area contributed by atoms with E-state index in [-0.39, 0.29) is 5.91 Å². The summed E-state index contributed by atoms with van der Waals surface area (Å²) in [5.41, 5.74) is 1.84. The molecule has 0 atom stereocenters. The van der Waals surface area contributed by atoms with Crippen LogP contribution in [0.4, 0.5) is 5.69 Å². The molecule has 0 spiro atoms. The number of para-hydroxylation sites is 1. The second-order valence-electron chi connectivity index (χ2n) is 5.63. The van der Waals surface area contributed by atoms with Crippen LogP contribution in [0.3, 0.4) is 0 Å². The van der Waals surface area contributed by atoms with Gasteiger partial charge in [0.15, 0.2) is 11.0 Å². The van der Waals surface area contributed by atoms with Crippen LogP contribution >= 0.6 is 23.4 Å². The number of rotatable bonds is 6. The van der Waals surface area contributed by atoms with Gasteiger partial charge in [-0.2, -0.15) is 0 Å². The number of anilines is 1. The largest absolute Gasteiger partial charge is 0.312 e. The molecule has 1 heterocycles. The molecule has 1 amide bonds. The van der Waals surface area contributed by atoms with Crippen LogP contribution < -0.4 is 4.90 Å². The number of carbonyl (C=O) groups is 1. The van der Waals surface area contributed by atoms with E-state index in [4.69, 9.17) is 11.6 Å². The molecule has 0 saturated heterocycles. The van der Waals surface area contributed by atoms with Crippen LogP contribution in [0.5, 0.6) is 0 Å². The number of carbonyl (C=O) groups excluding carboxylic acids is 1. The zero-order valence-corrected chi connectivity index (χ0v) is 16.2. The third kappa shape index (κ3) is 4.08. The Bertz CT molecular complexity index is 880. The van der Waals surface area contributed by atoms with Crippen molar-refractivity contribution in [2.45, 2.75) is 12.1 Å². The van der Waals surface area contributed by atoms with E-state index in [0.29, 0.717) is 22.5 Å². The molecule has 5 nitrogen and oxygen atoms in total. The molecule has 0 bridgehead atoms. The van der Waals surface area contributed by atoms with Gasteiger partial charge in [0.2, 0.25) is 5.91 Å². The van der Waals surface area contributed by atoms with Gasteiger partial charge in [-0.15, -0.1) is 10.2 Å². The average Bonchev–Trinajstić information content (AvgIpc) is 3.03. The molecular formula is C19H19ClN4OS. The van der Waals surface area contributed by atoms with Crippen LogP contribution in [0.1, 0.15) is 6.92 Å². The first-order valence-corrected chi connectivity index (χ1v) is 9.60. The maximum Gasteiger partial charge on any atom is 0.237 e. The first-order chi connectivity index (χ1) is 12.6. The highest BCUT2D eigenvalue weighted by Gasteiger charge is 2.17. The Morgan fingerprint density at radius 2 is 1.81 bits per heavy atom. The molecule has 7 heteroatoms. The van der Waals surface area contributed by atoms with Crippen molar-refractivity contribution in [3.05, 3.63) is 59.6 Å². The predicted molar refractivity (Wildman–Crippen MR) is 107 cm³/mol. The fourth-order valence-corrected chi connectivity index (χ4v) is 3.52. The minimum atomic E-state index is 0.0414. The van der Waals surface area contributed by atoms with Gasteiger partial charge in [-0.05, 0) is 43.3 Å². The first-order valence-electron chi connectivity index (χ1n) is 8.23. The number of hydrogen-bond donors (Lipinski definition) is 0. The van der Waals surface area contributed by atoms with Gasteiger partial charge in [0.05, 0.1) is 5.75 Å². The summed E-state index contributed by atoms with van der Waals surface area (Å²) < 4.78 is 1.89. The maximum atomic E-state index is 12.6. The number of amides is 1. The van der Waals surface area contributed by atoms with E-state index in [9.17, 15) is 4.79 Å². The van der Waals surface area contributed by atoms with Crippen LogP contribution in [-0.4, -0.2) is 33.0 Å². The number of benzene rings is 2. The van der Waals surface area contributed by atoms with Gasteiger partial charge in [-0.1, -0.05) is 41.6 Å². The van der Waals surface area contributed by atoms with Gasteiger partial charge >= 0.3 is 0 Å². The highest BCUT2D eigenvalue weighted by atomic mass is 35.5. The molecular weight excluding hydrogens is 368 g/mol. The fraction of sp³-hybridized carbons (Fsp3) is 0.211. The number of nitrogens with zero attached hydrogens (tertiary/aromatic N) is 4. The average molecular weight is 387 g/mol. The Balaban J connectivity index is 1.70. The third-order valence-corrected chi connectivity index (χ3v) is 5.20. The van der Waals surface area contributed by atoms with Crippen molar-refractivity contribution < 1.29 is 4.79 Å². The van der Waals surface area contributed by atoms with Crippen LogP contribution in [0.25, 0.3) is 11.4 Å². The molecule has 0 saturated carbocycles. The van der Waals surface area contributed by atoms with E-state index in [2.05, 4.69) is 10.2 Å². The minimum absolute atomic E-state index is 0.0414. The molecule has 3 rings (SSSR count). The van der Waals surface area contributed by atoms with Crippen molar-refractivity contribution in [3.8, 4) is 11.4 Å². The lowest BCUT2D eigenvalue weighted by molar-refractivity contribution is -0.116. The molecule has 0 fully saturated rings. The summed E-state index contributed by atoms with van der Waals surface area (Å²) in [6, 6.07) is 17.1. The van der Waals surface area contributed by atoms with Crippen molar-refractivity contribution in [1.82, 2.24) is 14.8 Å². The lowest BCUT2D eigenvalue weighted by atomic mass is 10.2. The van der Waals surface area contributed by atoms with E-state index in [1.807, 2.05) is 73.1 Å². The monoisotopic (exact) mass is 386 g/mol. The summed E-state index contributed by atoms with van der Waals surface area (Å²) >= 11 is 7.32. The summed E-state index contributed by atoms with van der Waals surface area (Å²) in [5.74, 6) is 1.08. The highest BCUT2D eigenvalue weighted by molar-refractivity contribution is 7.99. The third-order valence-electron chi connectivity index (χ3n) is 3.95. The van der Waals surface area contributed by atoms with Gasteiger partial charge in [-0.3, -0.25) is 4.79 Å². The molecule has 0 aliphatic heterocycles. The van der Waals surface area contributed by atoms with E-state index in [0.717, 1.165) is 17.1 Å².